The van der Waals surface area contributed by atoms with Crippen molar-refractivity contribution in [2.45, 2.75) is 13.8 Å². The van der Waals surface area contributed by atoms with Crippen LogP contribution in [0, 0.1) is 0 Å². The van der Waals surface area contributed by atoms with Gasteiger partial charge in [-0.25, -0.2) is 19.6 Å². The minimum Gasteiger partial charge on any atom is -0.497 e. The molecule has 0 spiro atoms. The van der Waals surface area contributed by atoms with E-state index in [1.54, 1.807) is 40.5 Å². The standard InChI is InChI=1S/C39H33N5O6S2/c1-5-49-38(45)34-32(40)30-26(20-7-11-24(47-3)12-8-20)16-28(43-36(30)51-34)22-15-23(19-42-18-22)29-17-27(21-9-13-25(48-4)14-10-21)31-33(41)35(39(46)50-6-2)52-37(31)44-29/h7-19H,5-6,40-41H2,1-4H3. The third-order valence-corrected chi connectivity index (χ3v) is 10.6. The third-order valence-electron chi connectivity index (χ3n) is 8.45. The maximum Gasteiger partial charge on any atom is 0.350 e. The summed E-state index contributed by atoms with van der Waals surface area (Å²) < 4.78 is 21.4. The van der Waals surface area contributed by atoms with Crippen LogP contribution in [0.15, 0.2) is 79.1 Å². The maximum atomic E-state index is 12.9. The van der Waals surface area contributed by atoms with Gasteiger partial charge in [-0.3, -0.25) is 4.98 Å². The van der Waals surface area contributed by atoms with E-state index in [4.69, 9.17) is 40.4 Å². The average Bonchev–Trinajstić information content (AvgIpc) is 3.70. The van der Waals surface area contributed by atoms with Gasteiger partial charge >= 0.3 is 11.9 Å². The normalized spacial score (nSPS) is 11.2. The van der Waals surface area contributed by atoms with E-state index in [1.165, 1.54) is 22.7 Å². The molecule has 5 aromatic heterocycles. The number of methoxy groups -OCH3 is 2. The van der Waals surface area contributed by atoms with E-state index in [-0.39, 0.29) is 13.2 Å². The molecule has 0 aliphatic heterocycles. The largest absolute Gasteiger partial charge is 0.497 e. The molecular formula is C39H33N5O6S2. The Morgan fingerprint density at radius 1 is 0.615 bits per heavy atom. The number of hydrogen-bond acceptors (Lipinski definition) is 13. The molecule has 0 aliphatic carbocycles. The minimum absolute atomic E-state index is 0.219. The van der Waals surface area contributed by atoms with Crippen molar-refractivity contribution in [1.29, 1.82) is 0 Å². The van der Waals surface area contributed by atoms with Gasteiger partial charge < -0.3 is 30.4 Å². The molecule has 0 unspecified atom stereocenters. The van der Waals surface area contributed by atoms with Crippen LogP contribution in [0.5, 0.6) is 11.5 Å². The van der Waals surface area contributed by atoms with Crippen molar-refractivity contribution in [2.24, 2.45) is 0 Å². The first kappa shape index (κ1) is 34.4. The van der Waals surface area contributed by atoms with E-state index in [1.807, 2.05) is 66.7 Å². The molecule has 262 valence electrons. The molecule has 7 rings (SSSR count). The summed E-state index contributed by atoms with van der Waals surface area (Å²) in [6.07, 6.45) is 3.45. The summed E-state index contributed by atoms with van der Waals surface area (Å²) in [5, 5.41) is 1.32. The first-order valence-corrected chi connectivity index (χ1v) is 17.9. The van der Waals surface area contributed by atoms with Gasteiger partial charge in [0, 0.05) is 34.3 Å². The van der Waals surface area contributed by atoms with Crippen molar-refractivity contribution in [2.75, 3.05) is 38.9 Å². The van der Waals surface area contributed by atoms with Gasteiger partial charge in [-0.15, -0.1) is 22.7 Å². The monoisotopic (exact) mass is 731 g/mol. The fourth-order valence-corrected chi connectivity index (χ4v) is 7.98. The zero-order valence-electron chi connectivity index (χ0n) is 28.7. The van der Waals surface area contributed by atoms with E-state index in [9.17, 15) is 9.59 Å². The number of rotatable bonds is 10. The van der Waals surface area contributed by atoms with Crippen LogP contribution in [0.1, 0.15) is 33.2 Å². The number of carbonyl (C=O) groups is 2. The highest BCUT2D eigenvalue weighted by Crippen LogP contribution is 2.44. The Balaban J connectivity index is 1.40. The minimum atomic E-state index is -0.497. The lowest BCUT2D eigenvalue weighted by atomic mass is 9.98. The highest BCUT2D eigenvalue weighted by molar-refractivity contribution is 7.21. The fraction of sp³-hybridized carbons (Fsp3) is 0.154. The lowest BCUT2D eigenvalue weighted by molar-refractivity contribution is 0.0523. The third kappa shape index (κ3) is 6.24. The topological polar surface area (TPSA) is 162 Å². The Bertz CT molecular complexity index is 2310. The van der Waals surface area contributed by atoms with Crippen LogP contribution >= 0.6 is 22.7 Å². The van der Waals surface area contributed by atoms with Crippen LogP contribution in [0.2, 0.25) is 0 Å². The highest BCUT2D eigenvalue weighted by atomic mass is 32.1. The molecule has 52 heavy (non-hydrogen) atoms. The molecule has 0 amide bonds. The van der Waals surface area contributed by atoms with Crippen LogP contribution in [0.25, 0.3) is 65.2 Å². The number of fused-ring (bicyclic) bond motifs is 2. The Hall–Kier alpha value is -6.05. The molecule has 2 aromatic carbocycles. The molecule has 5 heterocycles. The number of carbonyl (C=O) groups excluding carboxylic acids is 2. The van der Waals surface area contributed by atoms with Gasteiger partial charge in [-0.05, 0) is 78.6 Å². The molecule has 0 saturated heterocycles. The Morgan fingerprint density at radius 3 is 1.38 bits per heavy atom. The number of benzene rings is 2. The van der Waals surface area contributed by atoms with Crippen molar-refractivity contribution >= 4 is 66.4 Å². The summed E-state index contributed by atoms with van der Waals surface area (Å²) in [4.78, 5) is 42.1. The van der Waals surface area contributed by atoms with Gasteiger partial charge in [-0.2, -0.15) is 0 Å². The number of esters is 2. The molecule has 11 nitrogen and oxygen atoms in total. The van der Waals surface area contributed by atoms with Gasteiger partial charge in [0.15, 0.2) is 0 Å². The number of nitrogens with two attached hydrogens (primary N) is 2. The molecule has 0 fully saturated rings. The van der Waals surface area contributed by atoms with Crippen LogP contribution in [-0.2, 0) is 9.47 Å². The Morgan fingerprint density at radius 2 is 1.02 bits per heavy atom. The number of nitrogens with zero attached hydrogens (tertiary/aromatic N) is 3. The Labute approximate surface area is 306 Å². The molecule has 4 N–H and O–H groups in total. The number of nitrogen functional groups attached to an aromatic ring is 2. The van der Waals surface area contributed by atoms with Crippen LogP contribution in [-0.4, -0.2) is 54.3 Å². The van der Waals surface area contributed by atoms with E-state index in [0.29, 0.717) is 75.6 Å². The van der Waals surface area contributed by atoms with Gasteiger partial charge in [0.25, 0.3) is 0 Å². The van der Waals surface area contributed by atoms with Gasteiger partial charge in [0.2, 0.25) is 0 Å². The van der Waals surface area contributed by atoms with Crippen molar-refractivity contribution in [1.82, 2.24) is 15.0 Å². The van der Waals surface area contributed by atoms with Gasteiger partial charge in [0.1, 0.15) is 30.9 Å². The molecule has 0 radical (unpaired) electrons. The Kier molecular flexibility index (Phi) is 9.45. The second-order valence-electron chi connectivity index (χ2n) is 11.5. The lowest BCUT2D eigenvalue weighted by Gasteiger charge is -2.12. The number of anilines is 2. The second-order valence-corrected chi connectivity index (χ2v) is 13.5. The number of pyridine rings is 3. The quantitative estimate of drug-likeness (QED) is 0.130. The summed E-state index contributed by atoms with van der Waals surface area (Å²) in [6, 6.07) is 21.0. The summed E-state index contributed by atoms with van der Waals surface area (Å²) in [5.74, 6) is 0.417. The van der Waals surface area contributed by atoms with Crippen molar-refractivity contribution in [3.05, 3.63) is 88.9 Å². The number of hydrogen-bond donors (Lipinski definition) is 2. The zero-order chi connectivity index (χ0) is 36.5. The smallest absolute Gasteiger partial charge is 0.350 e. The molecule has 0 atom stereocenters. The van der Waals surface area contributed by atoms with Crippen LogP contribution in [0.3, 0.4) is 0 Å². The first-order valence-electron chi connectivity index (χ1n) is 16.3. The van der Waals surface area contributed by atoms with Gasteiger partial charge in [0.05, 0.1) is 50.2 Å². The maximum absolute atomic E-state index is 12.9. The predicted molar refractivity (Wildman–Crippen MR) is 206 cm³/mol. The first-order chi connectivity index (χ1) is 25.2. The molecule has 0 bridgehead atoms. The SMILES string of the molecule is CCOC(=O)c1sc2nc(-c3cncc(-c4cc(-c5ccc(OC)cc5)c5c(N)c(C(=O)OCC)sc5n4)c3)cc(-c3ccc(OC)cc3)c2c1N. The van der Waals surface area contributed by atoms with Crippen molar-refractivity contribution < 1.29 is 28.5 Å². The number of ether oxygens (including phenoxy) is 4. The summed E-state index contributed by atoms with van der Waals surface area (Å²) in [6.45, 7) is 3.94. The van der Waals surface area contributed by atoms with E-state index in [0.717, 1.165) is 22.3 Å². The summed E-state index contributed by atoms with van der Waals surface area (Å²) in [7, 11) is 3.22. The fourth-order valence-electron chi connectivity index (χ4n) is 5.95. The average molecular weight is 732 g/mol. The van der Waals surface area contributed by atoms with Crippen LogP contribution in [0.4, 0.5) is 11.4 Å². The molecule has 0 saturated carbocycles. The summed E-state index contributed by atoms with van der Waals surface area (Å²) in [5.41, 5.74) is 19.8. The molecule has 7 aromatic rings. The van der Waals surface area contributed by atoms with E-state index in [2.05, 4.69) is 4.98 Å². The number of aromatic nitrogens is 3. The highest BCUT2D eigenvalue weighted by Gasteiger charge is 2.25. The van der Waals surface area contributed by atoms with E-state index >= 15 is 0 Å². The molecular weight excluding hydrogens is 699 g/mol. The number of thiophene rings is 2. The lowest BCUT2D eigenvalue weighted by Crippen LogP contribution is -2.04. The van der Waals surface area contributed by atoms with Crippen LogP contribution < -0.4 is 20.9 Å². The van der Waals surface area contributed by atoms with Crippen molar-refractivity contribution in [3.63, 3.8) is 0 Å². The second kappa shape index (κ2) is 14.3. The zero-order valence-corrected chi connectivity index (χ0v) is 30.3. The van der Waals surface area contributed by atoms with E-state index < -0.39 is 11.9 Å². The predicted octanol–water partition coefficient (Wildman–Crippen LogP) is 8.50. The molecule has 13 heteroatoms. The van der Waals surface area contributed by atoms with Gasteiger partial charge in [-0.1, -0.05) is 24.3 Å². The molecule has 0 aliphatic rings. The summed E-state index contributed by atoms with van der Waals surface area (Å²) >= 11 is 2.37. The van der Waals surface area contributed by atoms with Crippen molar-refractivity contribution in [3.8, 4) is 56.3 Å².